The van der Waals surface area contributed by atoms with Crippen molar-refractivity contribution >= 4 is 23.7 Å². The van der Waals surface area contributed by atoms with E-state index >= 15 is 0 Å². The second-order valence-corrected chi connectivity index (χ2v) is 5.86. The minimum absolute atomic E-state index is 0.0439. The summed E-state index contributed by atoms with van der Waals surface area (Å²) in [4.78, 5) is 50.8. The Morgan fingerprint density at radius 2 is 1.64 bits per heavy atom. The van der Waals surface area contributed by atoms with Crippen LogP contribution in [0.3, 0.4) is 0 Å². The molecule has 0 amide bonds. The summed E-state index contributed by atoms with van der Waals surface area (Å²) in [5.74, 6) is -3.44. The molecule has 2 rings (SSSR count). The molecular weight excluding hydrogens is 368 g/mol. The summed E-state index contributed by atoms with van der Waals surface area (Å²) in [6.07, 6.45) is -0.574. The zero-order valence-corrected chi connectivity index (χ0v) is 15.9. The highest BCUT2D eigenvalue weighted by Crippen LogP contribution is 2.44. The van der Waals surface area contributed by atoms with Crippen LogP contribution in [0.2, 0.25) is 0 Å². The predicted molar refractivity (Wildman–Crippen MR) is 96.3 cm³/mol. The van der Waals surface area contributed by atoms with Crippen LogP contribution in [0.5, 0.6) is 0 Å². The quantitative estimate of drug-likeness (QED) is 0.227. The van der Waals surface area contributed by atoms with E-state index in [1.54, 1.807) is 32.0 Å². The molecule has 1 heterocycles. The maximum absolute atomic E-state index is 13.1. The van der Waals surface area contributed by atoms with Crippen molar-refractivity contribution in [2.75, 3.05) is 26.9 Å². The SMILES string of the molecule is CCOC(=O)C1(C(=O)OCC)/C(=C\C(=O)OC)COC1C(=O)c1ccccc1. The Bertz CT molecular complexity index is 763. The Labute approximate surface area is 162 Å². The molecule has 0 radical (unpaired) electrons. The molecule has 0 spiro atoms. The Hall–Kier alpha value is -3.00. The molecular formula is C20H22O8. The minimum Gasteiger partial charge on any atom is -0.466 e. The number of ether oxygens (including phenoxy) is 4. The van der Waals surface area contributed by atoms with Gasteiger partial charge in [0.15, 0.2) is 11.9 Å². The first kappa shape index (κ1) is 21.3. The van der Waals surface area contributed by atoms with Gasteiger partial charge in [-0.25, -0.2) is 4.79 Å². The van der Waals surface area contributed by atoms with Crippen molar-refractivity contribution < 1.29 is 38.1 Å². The van der Waals surface area contributed by atoms with Gasteiger partial charge in [0.05, 0.1) is 26.9 Å². The average Bonchev–Trinajstić information content (AvgIpc) is 3.08. The third-order valence-corrected chi connectivity index (χ3v) is 4.29. The number of carbonyl (C=O) groups is 4. The molecule has 28 heavy (non-hydrogen) atoms. The lowest BCUT2D eigenvalue weighted by atomic mass is 9.74. The summed E-state index contributed by atoms with van der Waals surface area (Å²) in [5, 5.41) is 0. The molecule has 0 N–H and O–H groups in total. The topological polar surface area (TPSA) is 105 Å². The van der Waals surface area contributed by atoms with Crippen molar-refractivity contribution in [1.29, 1.82) is 0 Å². The van der Waals surface area contributed by atoms with Gasteiger partial charge in [0.25, 0.3) is 0 Å². The van der Waals surface area contributed by atoms with E-state index in [4.69, 9.17) is 14.2 Å². The lowest BCUT2D eigenvalue weighted by Gasteiger charge is -2.29. The molecule has 1 fully saturated rings. The van der Waals surface area contributed by atoms with Crippen LogP contribution in [0, 0.1) is 5.41 Å². The van der Waals surface area contributed by atoms with E-state index in [0.717, 1.165) is 13.2 Å². The maximum Gasteiger partial charge on any atom is 0.331 e. The van der Waals surface area contributed by atoms with Crippen LogP contribution in [-0.4, -0.2) is 56.7 Å². The molecule has 1 saturated heterocycles. The fourth-order valence-corrected chi connectivity index (χ4v) is 3.01. The first-order valence-corrected chi connectivity index (χ1v) is 8.77. The van der Waals surface area contributed by atoms with E-state index in [9.17, 15) is 19.2 Å². The Kier molecular flexibility index (Phi) is 7.06. The summed E-state index contributed by atoms with van der Waals surface area (Å²) < 4.78 is 20.3. The van der Waals surface area contributed by atoms with Crippen molar-refractivity contribution in [2.24, 2.45) is 5.41 Å². The van der Waals surface area contributed by atoms with Gasteiger partial charge < -0.3 is 18.9 Å². The van der Waals surface area contributed by atoms with Gasteiger partial charge in [-0.1, -0.05) is 30.3 Å². The molecule has 0 saturated carbocycles. The van der Waals surface area contributed by atoms with Gasteiger partial charge in [-0.15, -0.1) is 0 Å². The van der Waals surface area contributed by atoms with E-state index in [0.29, 0.717) is 0 Å². The molecule has 8 nitrogen and oxygen atoms in total. The standard InChI is InChI=1S/C20H22O8/c1-4-26-18(23)20(19(24)27-5-2)14(11-15(21)25-3)12-28-17(20)16(22)13-9-7-6-8-10-13/h6-11,17H,4-5,12H2,1-3H3/b14-11-. The second kappa shape index (κ2) is 9.27. The number of methoxy groups -OCH3 is 1. The first-order valence-electron chi connectivity index (χ1n) is 8.77. The Morgan fingerprint density at radius 1 is 1.07 bits per heavy atom. The molecule has 8 heteroatoms. The highest BCUT2D eigenvalue weighted by molar-refractivity contribution is 6.14. The molecule has 0 aromatic heterocycles. The molecule has 0 bridgehead atoms. The van der Waals surface area contributed by atoms with Crippen LogP contribution in [0.15, 0.2) is 42.0 Å². The third-order valence-electron chi connectivity index (χ3n) is 4.29. The van der Waals surface area contributed by atoms with E-state index in [1.807, 2.05) is 0 Å². The fourth-order valence-electron chi connectivity index (χ4n) is 3.01. The van der Waals surface area contributed by atoms with Gasteiger partial charge in [0, 0.05) is 11.6 Å². The molecule has 1 aliphatic heterocycles. The normalized spacial score (nSPS) is 19.1. The number of hydrogen-bond acceptors (Lipinski definition) is 8. The summed E-state index contributed by atoms with van der Waals surface area (Å²) in [6.45, 7) is 2.72. The van der Waals surface area contributed by atoms with Crippen LogP contribution < -0.4 is 0 Å². The van der Waals surface area contributed by atoms with Gasteiger partial charge in [-0.2, -0.15) is 0 Å². The summed E-state index contributed by atoms with van der Waals surface area (Å²) in [5.41, 5.74) is -2.04. The van der Waals surface area contributed by atoms with Gasteiger partial charge in [-0.05, 0) is 19.4 Å². The van der Waals surface area contributed by atoms with Gasteiger partial charge in [0.2, 0.25) is 5.41 Å². The van der Waals surface area contributed by atoms with Crippen molar-refractivity contribution in [3.8, 4) is 0 Å². The number of hydrogen-bond donors (Lipinski definition) is 0. The Morgan fingerprint density at radius 3 is 2.14 bits per heavy atom. The highest BCUT2D eigenvalue weighted by atomic mass is 16.6. The van der Waals surface area contributed by atoms with E-state index in [2.05, 4.69) is 4.74 Å². The maximum atomic E-state index is 13.1. The summed E-state index contributed by atoms with van der Waals surface area (Å²) in [7, 11) is 1.15. The zero-order chi connectivity index (χ0) is 20.7. The van der Waals surface area contributed by atoms with Crippen molar-refractivity contribution in [1.82, 2.24) is 0 Å². The number of Topliss-reactive ketones (excluding diaryl/α,β-unsaturated/α-hetero) is 1. The van der Waals surface area contributed by atoms with Gasteiger partial charge >= 0.3 is 17.9 Å². The minimum atomic E-state index is -2.23. The summed E-state index contributed by atoms with van der Waals surface area (Å²) >= 11 is 0. The van der Waals surface area contributed by atoms with E-state index < -0.39 is 35.2 Å². The summed E-state index contributed by atoms with van der Waals surface area (Å²) in [6, 6.07) is 8.08. The lowest BCUT2D eigenvalue weighted by Crippen LogP contribution is -2.52. The molecule has 1 aliphatic rings. The van der Waals surface area contributed by atoms with Gasteiger partial charge in [0.1, 0.15) is 0 Å². The third kappa shape index (κ3) is 3.82. The molecule has 0 aliphatic carbocycles. The van der Waals surface area contributed by atoms with Crippen LogP contribution in [0.25, 0.3) is 0 Å². The molecule has 1 aromatic carbocycles. The number of carbonyl (C=O) groups excluding carboxylic acids is 4. The predicted octanol–water partition coefficient (Wildman–Crippen LogP) is 1.48. The van der Waals surface area contributed by atoms with Crippen molar-refractivity contribution in [3.63, 3.8) is 0 Å². The van der Waals surface area contributed by atoms with Crippen LogP contribution >= 0.6 is 0 Å². The number of rotatable bonds is 7. The van der Waals surface area contributed by atoms with Crippen molar-refractivity contribution in [3.05, 3.63) is 47.5 Å². The van der Waals surface area contributed by atoms with Crippen molar-refractivity contribution in [2.45, 2.75) is 20.0 Å². The number of ketones is 1. The number of esters is 3. The molecule has 1 unspecified atom stereocenters. The van der Waals surface area contributed by atoms with E-state index in [-0.39, 0.29) is 31.0 Å². The van der Waals surface area contributed by atoms with Crippen LogP contribution in [-0.2, 0) is 33.3 Å². The van der Waals surface area contributed by atoms with Gasteiger partial charge in [-0.3, -0.25) is 14.4 Å². The monoisotopic (exact) mass is 390 g/mol. The van der Waals surface area contributed by atoms with Crippen LogP contribution in [0.1, 0.15) is 24.2 Å². The molecule has 150 valence electrons. The smallest absolute Gasteiger partial charge is 0.331 e. The first-order chi connectivity index (χ1) is 13.4. The highest BCUT2D eigenvalue weighted by Gasteiger charge is 2.64. The average molecular weight is 390 g/mol. The number of benzene rings is 1. The van der Waals surface area contributed by atoms with E-state index in [1.165, 1.54) is 12.1 Å². The largest absolute Gasteiger partial charge is 0.466 e. The fraction of sp³-hybridized carbons (Fsp3) is 0.400. The lowest BCUT2D eigenvalue weighted by molar-refractivity contribution is -0.171. The molecule has 1 aromatic rings. The second-order valence-electron chi connectivity index (χ2n) is 5.86. The Balaban J connectivity index is 2.66. The molecule has 1 atom stereocenters. The zero-order valence-electron chi connectivity index (χ0n) is 15.9. The van der Waals surface area contributed by atoms with Crippen LogP contribution in [0.4, 0.5) is 0 Å².